The van der Waals surface area contributed by atoms with Crippen molar-refractivity contribution in [1.82, 2.24) is 4.98 Å². The van der Waals surface area contributed by atoms with Crippen LogP contribution in [-0.4, -0.2) is 22.9 Å². The highest BCUT2D eigenvalue weighted by molar-refractivity contribution is 6.03. The van der Waals surface area contributed by atoms with Crippen LogP contribution in [0.4, 0.5) is 0 Å². The minimum atomic E-state index is -0.937. The standard InChI is InChI=1S/C14H11NO4/c16-14(17)9-3-10(7-1-2-7)15-11-5-13-12(4-8(9)11)18-6-19-13/h3-5,7H,1-2,6H2,(H,16,17). The van der Waals surface area contributed by atoms with E-state index >= 15 is 0 Å². The predicted octanol–water partition coefficient (Wildman–Crippen LogP) is 2.54. The number of hydrogen-bond donors (Lipinski definition) is 1. The third-order valence-electron chi connectivity index (χ3n) is 3.55. The van der Waals surface area contributed by atoms with Crippen LogP contribution in [-0.2, 0) is 0 Å². The molecular formula is C14H11NO4. The van der Waals surface area contributed by atoms with E-state index in [0.29, 0.717) is 28.3 Å². The SMILES string of the molecule is O=C(O)c1cc(C2CC2)nc2cc3c(cc12)OCO3. The van der Waals surface area contributed by atoms with Crippen molar-refractivity contribution in [3.8, 4) is 11.5 Å². The molecule has 0 spiro atoms. The fourth-order valence-corrected chi connectivity index (χ4v) is 2.40. The Morgan fingerprint density at radius 2 is 1.95 bits per heavy atom. The summed E-state index contributed by atoms with van der Waals surface area (Å²) < 4.78 is 10.6. The smallest absolute Gasteiger partial charge is 0.336 e. The number of fused-ring (bicyclic) bond motifs is 2. The summed E-state index contributed by atoms with van der Waals surface area (Å²) >= 11 is 0. The fraction of sp³-hybridized carbons (Fsp3) is 0.286. The zero-order valence-corrected chi connectivity index (χ0v) is 10.0. The van der Waals surface area contributed by atoms with Crippen molar-refractivity contribution < 1.29 is 19.4 Å². The van der Waals surface area contributed by atoms with Crippen molar-refractivity contribution in [3.63, 3.8) is 0 Å². The highest BCUT2D eigenvalue weighted by Crippen LogP contribution is 2.42. The van der Waals surface area contributed by atoms with Gasteiger partial charge in [0, 0.05) is 23.1 Å². The second-order valence-electron chi connectivity index (χ2n) is 4.90. The van der Waals surface area contributed by atoms with Crippen LogP contribution in [0, 0.1) is 0 Å². The van der Waals surface area contributed by atoms with Crippen molar-refractivity contribution in [2.24, 2.45) is 0 Å². The minimum absolute atomic E-state index is 0.170. The van der Waals surface area contributed by atoms with Gasteiger partial charge in [-0.05, 0) is 25.0 Å². The van der Waals surface area contributed by atoms with Gasteiger partial charge in [-0.15, -0.1) is 0 Å². The van der Waals surface area contributed by atoms with Gasteiger partial charge < -0.3 is 14.6 Å². The number of ether oxygens (including phenoxy) is 2. The zero-order valence-electron chi connectivity index (χ0n) is 10.0. The molecule has 0 saturated heterocycles. The third kappa shape index (κ3) is 1.62. The van der Waals surface area contributed by atoms with E-state index in [-0.39, 0.29) is 12.4 Å². The van der Waals surface area contributed by atoms with Crippen molar-refractivity contribution >= 4 is 16.9 Å². The molecule has 5 nitrogen and oxygen atoms in total. The van der Waals surface area contributed by atoms with Gasteiger partial charge >= 0.3 is 5.97 Å². The lowest BCUT2D eigenvalue weighted by Crippen LogP contribution is -2.01. The number of aromatic carboxylic acids is 1. The van der Waals surface area contributed by atoms with Crippen LogP contribution in [0.25, 0.3) is 10.9 Å². The molecule has 1 aliphatic heterocycles. The summed E-state index contributed by atoms with van der Waals surface area (Å²) in [6.45, 7) is 0.170. The van der Waals surface area contributed by atoms with Gasteiger partial charge in [-0.25, -0.2) is 4.79 Å². The van der Waals surface area contributed by atoms with Gasteiger partial charge in [-0.1, -0.05) is 0 Å². The molecule has 0 amide bonds. The van der Waals surface area contributed by atoms with E-state index in [9.17, 15) is 9.90 Å². The molecule has 0 radical (unpaired) electrons. The molecule has 0 bridgehead atoms. The van der Waals surface area contributed by atoms with E-state index in [1.165, 1.54) is 0 Å². The first-order valence-corrected chi connectivity index (χ1v) is 6.20. The van der Waals surface area contributed by atoms with Gasteiger partial charge in [0.25, 0.3) is 0 Å². The van der Waals surface area contributed by atoms with Gasteiger partial charge in [0.2, 0.25) is 6.79 Å². The van der Waals surface area contributed by atoms with E-state index in [2.05, 4.69) is 4.98 Å². The summed E-state index contributed by atoms with van der Waals surface area (Å²) in [7, 11) is 0. The second kappa shape index (κ2) is 3.60. The third-order valence-corrected chi connectivity index (χ3v) is 3.55. The molecule has 5 heteroatoms. The molecule has 2 aromatic rings. The number of benzene rings is 1. The van der Waals surface area contributed by atoms with Crippen molar-refractivity contribution in [3.05, 3.63) is 29.5 Å². The minimum Gasteiger partial charge on any atom is -0.478 e. The molecule has 1 saturated carbocycles. The van der Waals surface area contributed by atoms with E-state index in [0.717, 1.165) is 18.5 Å². The molecule has 2 heterocycles. The number of aromatic nitrogens is 1. The molecule has 4 rings (SSSR count). The monoisotopic (exact) mass is 257 g/mol. The molecule has 1 aromatic heterocycles. The lowest BCUT2D eigenvalue weighted by atomic mass is 10.1. The number of carbonyl (C=O) groups is 1. The molecule has 1 aliphatic carbocycles. The Kier molecular flexibility index (Phi) is 2.01. The Morgan fingerprint density at radius 1 is 1.21 bits per heavy atom. The molecule has 1 N–H and O–H groups in total. The van der Waals surface area contributed by atoms with Gasteiger partial charge in [0.15, 0.2) is 11.5 Å². The zero-order chi connectivity index (χ0) is 13.0. The van der Waals surface area contributed by atoms with Crippen molar-refractivity contribution in [2.45, 2.75) is 18.8 Å². The number of hydrogen-bond acceptors (Lipinski definition) is 4. The van der Waals surface area contributed by atoms with Gasteiger partial charge in [-0.3, -0.25) is 4.98 Å². The quantitative estimate of drug-likeness (QED) is 0.895. The summed E-state index contributed by atoms with van der Waals surface area (Å²) in [5, 5.41) is 9.96. The number of rotatable bonds is 2. The fourth-order valence-electron chi connectivity index (χ4n) is 2.40. The molecule has 0 atom stereocenters. The predicted molar refractivity (Wildman–Crippen MR) is 66.8 cm³/mol. The lowest BCUT2D eigenvalue weighted by molar-refractivity contribution is 0.0699. The van der Waals surface area contributed by atoms with E-state index < -0.39 is 5.97 Å². The first-order valence-electron chi connectivity index (χ1n) is 6.20. The topological polar surface area (TPSA) is 68.7 Å². The lowest BCUT2D eigenvalue weighted by Gasteiger charge is -2.07. The Hall–Kier alpha value is -2.30. The highest BCUT2D eigenvalue weighted by Gasteiger charge is 2.27. The maximum atomic E-state index is 11.4. The Labute approximate surface area is 108 Å². The average Bonchev–Trinajstić information content (AvgIpc) is 3.14. The van der Waals surface area contributed by atoms with Crippen LogP contribution in [0.2, 0.25) is 0 Å². The first kappa shape index (κ1) is 10.6. The molecule has 0 unspecified atom stereocenters. The summed E-state index contributed by atoms with van der Waals surface area (Å²) in [4.78, 5) is 16.0. The number of carboxylic acids is 1. The molecular weight excluding hydrogens is 246 g/mol. The van der Waals surface area contributed by atoms with E-state index in [4.69, 9.17) is 9.47 Å². The van der Waals surface area contributed by atoms with Gasteiger partial charge in [0.1, 0.15) is 0 Å². The maximum absolute atomic E-state index is 11.4. The molecule has 96 valence electrons. The number of nitrogens with zero attached hydrogens (tertiary/aromatic N) is 1. The molecule has 1 fully saturated rings. The van der Waals surface area contributed by atoms with Crippen molar-refractivity contribution in [1.29, 1.82) is 0 Å². The first-order chi connectivity index (χ1) is 9.22. The van der Waals surface area contributed by atoms with Crippen LogP contribution >= 0.6 is 0 Å². The molecule has 2 aliphatic rings. The Bertz CT molecular complexity index is 706. The highest BCUT2D eigenvalue weighted by atomic mass is 16.7. The Morgan fingerprint density at radius 3 is 2.63 bits per heavy atom. The number of carboxylic acid groups (broad SMARTS) is 1. The van der Waals surface area contributed by atoms with Gasteiger partial charge in [0.05, 0.1) is 11.1 Å². The maximum Gasteiger partial charge on any atom is 0.336 e. The normalized spacial score (nSPS) is 16.8. The molecule has 1 aromatic carbocycles. The summed E-state index contributed by atoms with van der Waals surface area (Å²) in [6.07, 6.45) is 2.17. The molecule has 19 heavy (non-hydrogen) atoms. The van der Waals surface area contributed by atoms with Gasteiger partial charge in [-0.2, -0.15) is 0 Å². The van der Waals surface area contributed by atoms with E-state index in [1.807, 2.05) is 0 Å². The van der Waals surface area contributed by atoms with Crippen LogP contribution in [0.3, 0.4) is 0 Å². The van der Waals surface area contributed by atoms with E-state index in [1.54, 1.807) is 18.2 Å². The second-order valence-corrected chi connectivity index (χ2v) is 4.90. The summed E-state index contributed by atoms with van der Waals surface area (Å²) in [5.74, 6) is 0.682. The van der Waals surface area contributed by atoms with Crippen LogP contribution < -0.4 is 9.47 Å². The van der Waals surface area contributed by atoms with Crippen LogP contribution in [0.15, 0.2) is 18.2 Å². The summed E-state index contributed by atoms with van der Waals surface area (Å²) in [6, 6.07) is 5.14. The average molecular weight is 257 g/mol. The largest absolute Gasteiger partial charge is 0.478 e. The summed E-state index contributed by atoms with van der Waals surface area (Å²) in [5.41, 5.74) is 1.81. The Balaban J connectivity index is 2.01. The number of pyridine rings is 1. The van der Waals surface area contributed by atoms with Crippen LogP contribution in [0.1, 0.15) is 34.8 Å². The van der Waals surface area contributed by atoms with Crippen LogP contribution in [0.5, 0.6) is 11.5 Å². The van der Waals surface area contributed by atoms with Crippen molar-refractivity contribution in [2.75, 3.05) is 6.79 Å².